The van der Waals surface area contributed by atoms with Crippen molar-refractivity contribution >= 4 is 0 Å². The zero-order chi connectivity index (χ0) is 6.85. The quantitative estimate of drug-likeness (QED) is 0.486. The first kappa shape index (κ1) is 5.74. The van der Waals surface area contributed by atoms with Gasteiger partial charge in [0.05, 0.1) is 0 Å². The van der Waals surface area contributed by atoms with Gasteiger partial charge in [0, 0.05) is 6.20 Å². The van der Waals surface area contributed by atoms with Crippen LogP contribution < -0.4 is 11.2 Å². The summed E-state index contributed by atoms with van der Waals surface area (Å²) < 4.78 is 12.0. The first-order valence-electron chi connectivity index (χ1n) is 2.17. The van der Waals surface area contributed by atoms with E-state index in [1.807, 2.05) is 4.98 Å². The second-order valence-corrected chi connectivity index (χ2v) is 1.42. The van der Waals surface area contributed by atoms with E-state index in [1.54, 1.807) is 4.98 Å². The van der Waals surface area contributed by atoms with E-state index in [9.17, 15) is 14.0 Å². The van der Waals surface area contributed by atoms with Gasteiger partial charge in [0.15, 0.2) is 0 Å². The molecule has 0 saturated carbocycles. The van der Waals surface area contributed by atoms with Crippen molar-refractivity contribution in [3.63, 3.8) is 0 Å². The lowest BCUT2D eigenvalue weighted by molar-refractivity contribution is 0.597. The van der Waals surface area contributed by atoms with Crippen LogP contribution in [0.1, 0.15) is 0 Å². The molecule has 0 aliphatic heterocycles. The Morgan fingerprint density at radius 1 is 1.44 bits per heavy atom. The molecule has 1 aromatic rings. The summed E-state index contributed by atoms with van der Waals surface area (Å²) in [5, 5.41) is 0. The number of rotatable bonds is 0. The Bertz CT molecular complexity index is 313. The lowest BCUT2D eigenvalue weighted by Gasteiger charge is -1.81. The summed E-state index contributed by atoms with van der Waals surface area (Å²) in [6.45, 7) is 0. The smallest absolute Gasteiger partial charge is 0.311 e. The van der Waals surface area contributed by atoms with Crippen LogP contribution in [0.15, 0.2) is 15.8 Å². The molecule has 9 heavy (non-hydrogen) atoms. The fourth-order valence-corrected chi connectivity index (χ4v) is 0.393. The molecule has 0 aromatic carbocycles. The molecule has 1 aromatic heterocycles. The van der Waals surface area contributed by atoms with Gasteiger partial charge in [0.2, 0.25) is 5.82 Å². The van der Waals surface area contributed by atoms with Crippen molar-refractivity contribution in [3.05, 3.63) is 32.9 Å². The van der Waals surface area contributed by atoms with Gasteiger partial charge in [-0.05, 0) is 0 Å². The number of H-pyrrole nitrogens is 2. The molecule has 4 nitrogen and oxygen atoms in total. The number of hydrogen-bond acceptors (Lipinski definition) is 2. The topological polar surface area (TPSA) is 65.7 Å². The van der Waals surface area contributed by atoms with Crippen LogP contribution in [0.5, 0.6) is 0 Å². The van der Waals surface area contributed by atoms with E-state index in [0.29, 0.717) is 6.20 Å². The van der Waals surface area contributed by atoms with Gasteiger partial charge in [-0.25, -0.2) is 4.79 Å². The summed E-state index contributed by atoms with van der Waals surface area (Å²) in [4.78, 5) is 24.0. The first-order valence-corrected chi connectivity index (χ1v) is 2.17. The van der Waals surface area contributed by atoms with E-state index in [0.717, 1.165) is 0 Å². The third-order valence-corrected chi connectivity index (χ3v) is 0.774. The molecule has 0 atom stereocenters. The maximum Gasteiger partial charge on any atom is 0.325 e. The molecule has 0 fully saturated rings. The molecule has 0 aliphatic rings. The minimum Gasteiger partial charge on any atom is -0.311 e. The van der Waals surface area contributed by atoms with E-state index in [-0.39, 0.29) is 0 Å². The van der Waals surface area contributed by atoms with Crippen LogP contribution in [0, 0.1) is 5.82 Å². The second kappa shape index (κ2) is 1.85. The highest BCUT2D eigenvalue weighted by atomic mass is 19.1. The van der Waals surface area contributed by atoms with Crippen LogP contribution >= 0.6 is 0 Å². The van der Waals surface area contributed by atoms with Crippen LogP contribution in [0.3, 0.4) is 0 Å². The molecule has 0 spiro atoms. The lowest BCUT2D eigenvalue weighted by Crippen LogP contribution is -2.23. The van der Waals surface area contributed by atoms with Crippen LogP contribution in [-0.2, 0) is 0 Å². The van der Waals surface area contributed by atoms with Gasteiger partial charge >= 0.3 is 5.69 Å². The molecule has 0 saturated heterocycles. The minimum atomic E-state index is -1.00. The van der Waals surface area contributed by atoms with E-state index >= 15 is 0 Å². The van der Waals surface area contributed by atoms with Crippen molar-refractivity contribution in [2.75, 3.05) is 0 Å². The van der Waals surface area contributed by atoms with Crippen molar-refractivity contribution in [2.24, 2.45) is 0 Å². The Kier molecular flexibility index (Phi) is 1.18. The predicted molar refractivity (Wildman–Crippen MR) is 27.6 cm³/mol. The number of nitrogens with one attached hydrogen (secondary N) is 2. The Balaban J connectivity index is 3.52. The summed E-state index contributed by atoms with van der Waals surface area (Å²) in [6, 6.07) is 0. The monoisotopic (exact) mass is 133 g/mol. The molecule has 0 aliphatic carbocycles. The number of aromatic nitrogens is 2. The van der Waals surface area contributed by atoms with Gasteiger partial charge in [-0.1, -0.05) is 0 Å². The van der Waals surface area contributed by atoms with Crippen molar-refractivity contribution < 1.29 is 4.39 Å². The van der Waals surface area contributed by atoms with Gasteiger partial charge in [-0.2, -0.15) is 4.39 Å². The third-order valence-electron chi connectivity index (χ3n) is 0.774. The molecule has 0 amide bonds. The van der Waals surface area contributed by atoms with E-state index in [2.05, 4.69) is 0 Å². The Morgan fingerprint density at radius 3 is 2.56 bits per heavy atom. The van der Waals surface area contributed by atoms with Gasteiger partial charge in [0.1, 0.15) is 0 Å². The summed E-state index contributed by atoms with van der Waals surface area (Å²) in [5.41, 5.74) is -1.71. The average molecular weight is 133 g/mol. The van der Waals surface area contributed by atoms with Gasteiger partial charge in [-0.15, -0.1) is 0 Å². The highest BCUT2D eigenvalue weighted by Crippen LogP contribution is 1.74. The van der Waals surface area contributed by atoms with E-state index in [4.69, 9.17) is 0 Å². The summed E-state index contributed by atoms with van der Waals surface area (Å²) >= 11 is 0. The summed E-state index contributed by atoms with van der Waals surface area (Å²) in [5.74, 6) is -0.991. The molecule has 48 valence electrons. The van der Waals surface area contributed by atoms with Crippen molar-refractivity contribution in [3.8, 4) is 0 Å². The molecular formula is C4H3FN2O2. The molecule has 5 heteroatoms. The zero-order valence-electron chi connectivity index (χ0n) is 4.27. The summed E-state index contributed by atoms with van der Waals surface area (Å²) in [7, 11) is 0. The molecular weight excluding hydrogens is 130 g/mol. The number of halogens is 1. The molecule has 0 unspecified atom stereocenters. The van der Waals surface area contributed by atoms with Crippen LogP contribution in [0.4, 0.5) is 4.39 Å². The highest BCUT2D eigenvalue weighted by Gasteiger charge is 1.93. The van der Waals surface area contributed by atoms with E-state index in [1.165, 1.54) is 0 Å². The Labute approximate surface area is 48.4 Å². The van der Waals surface area contributed by atoms with Crippen molar-refractivity contribution in [1.82, 2.24) is 9.97 Å². The van der Waals surface area contributed by atoms with Gasteiger partial charge in [-0.3, -0.25) is 9.78 Å². The van der Waals surface area contributed by atoms with Crippen molar-refractivity contribution in [2.45, 2.75) is 0 Å². The van der Waals surface area contributed by atoms with Crippen molar-refractivity contribution in [1.29, 1.82) is 0 Å². The molecule has 0 bridgehead atoms. The predicted octanol–water partition coefficient (Wildman–Crippen LogP) is -0.798. The van der Waals surface area contributed by atoms with Gasteiger partial charge in [0.25, 0.3) is 5.56 Å². The third kappa shape index (κ3) is 1.04. The van der Waals surface area contributed by atoms with Crippen LogP contribution in [0.25, 0.3) is 0 Å². The summed E-state index contributed by atoms with van der Waals surface area (Å²) in [6.07, 6.45) is 0.709. The fourth-order valence-electron chi connectivity index (χ4n) is 0.393. The molecule has 1 heterocycles. The van der Waals surface area contributed by atoms with Gasteiger partial charge < -0.3 is 4.98 Å². The van der Waals surface area contributed by atoms with E-state index < -0.39 is 17.1 Å². The maximum atomic E-state index is 12.0. The minimum absolute atomic E-state index is 0.707. The highest BCUT2D eigenvalue weighted by molar-refractivity contribution is 4.83. The molecule has 0 radical (unpaired) electrons. The Hall–Kier alpha value is -1.39. The maximum absolute atomic E-state index is 12.0. The van der Waals surface area contributed by atoms with Crippen LogP contribution in [0.2, 0.25) is 0 Å². The number of hydrogen-bond donors (Lipinski definition) is 2. The SMILES string of the molecule is O=c1[15nH][13c](=O)[15nH]cc1F. The largest absolute Gasteiger partial charge is 0.325 e. The number of aromatic amines is 2. The molecule has 2 N–H and O–H groups in total. The normalized spacial score (nSPS) is 9.44. The zero-order valence-corrected chi connectivity index (χ0v) is 4.27. The standard InChI is InChI=1S/C4H3FN2O2/c5-2-1-6-4(9)7-3(2)8/h1H,(H2,6,7,8,9)/i4+1,6+1,7+1. The first-order chi connectivity index (χ1) is 4.20. The Morgan fingerprint density at radius 2 is 2.11 bits per heavy atom. The molecule has 1 rings (SSSR count). The lowest BCUT2D eigenvalue weighted by atomic mass is 10.7. The van der Waals surface area contributed by atoms with Crippen LogP contribution in [-0.4, -0.2) is 9.97 Å². The average Bonchev–Trinajstić information content (AvgIpc) is 1.80. The second-order valence-electron chi connectivity index (χ2n) is 1.42. The fraction of sp³-hybridized carbons (Fsp3) is 0.